The van der Waals surface area contributed by atoms with E-state index in [0.717, 1.165) is 53.5 Å². The van der Waals surface area contributed by atoms with Crippen molar-refractivity contribution in [1.29, 1.82) is 0 Å². The second-order valence-electron chi connectivity index (χ2n) is 6.46. The molecule has 0 aromatic carbocycles. The maximum Gasteiger partial charge on any atom is 0.169 e. The van der Waals surface area contributed by atoms with Gasteiger partial charge in [0.25, 0.3) is 0 Å². The summed E-state index contributed by atoms with van der Waals surface area (Å²) in [5.41, 5.74) is 4.25. The molecule has 0 amide bonds. The normalized spacial score (nSPS) is 14.5. The van der Waals surface area contributed by atoms with Gasteiger partial charge in [-0.1, -0.05) is 6.07 Å². The minimum Gasteiger partial charge on any atom is -0.293 e. The molecule has 5 nitrogen and oxygen atoms in total. The third kappa shape index (κ3) is 2.98. The lowest BCUT2D eigenvalue weighted by atomic mass is 10.1. The second-order valence-corrected chi connectivity index (χ2v) is 7.40. The summed E-state index contributed by atoms with van der Waals surface area (Å²) in [7, 11) is 0. The van der Waals surface area contributed by atoms with Gasteiger partial charge in [0.2, 0.25) is 0 Å². The number of hydrogen-bond donors (Lipinski definition) is 0. The summed E-state index contributed by atoms with van der Waals surface area (Å²) in [6.07, 6.45) is 4.72. The Labute approximate surface area is 155 Å². The highest BCUT2D eigenvalue weighted by Crippen LogP contribution is 2.24. The Morgan fingerprint density at radius 3 is 2.96 bits per heavy atom. The minimum absolute atomic E-state index is 0.811. The lowest BCUT2D eigenvalue weighted by Crippen LogP contribution is -2.31. The van der Waals surface area contributed by atoms with Crippen molar-refractivity contribution < 1.29 is 0 Å². The van der Waals surface area contributed by atoms with Crippen LogP contribution in [0.4, 0.5) is 0 Å². The molecule has 0 fully saturated rings. The van der Waals surface area contributed by atoms with Crippen LogP contribution in [0.15, 0.2) is 54.2 Å². The van der Waals surface area contributed by atoms with Crippen molar-refractivity contribution in [3.8, 4) is 10.7 Å². The Morgan fingerprint density at radius 1 is 1.04 bits per heavy atom. The van der Waals surface area contributed by atoms with Gasteiger partial charge >= 0.3 is 0 Å². The van der Waals surface area contributed by atoms with Crippen molar-refractivity contribution in [3.63, 3.8) is 0 Å². The maximum atomic E-state index is 4.79. The molecule has 4 aromatic heterocycles. The van der Waals surface area contributed by atoms with Crippen molar-refractivity contribution in [2.45, 2.75) is 19.5 Å². The fourth-order valence-corrected chi connectivity index (χ4v) is 4.01. The molecule has 0 aliphatic carbocycles. The Morgan fingerprint density at radius 2 is 2.04 bits per heavy atom. The van der Waals surface area contributed by atoms with Gasteiger partial charge in [-0.25, -0.2) is 19.9 Å². The predicted molar refractivity (Wildman–Crippen MR) is 103 cm³/mol. The first-order chi connectivity index (χ1) is 12.8. The largest absolute Gasteiger partial charge is 0.293 e. The van der Waals surface area contributed by atoms with Crippen LogP contribution in [0.1, 0.15) is 17.0 Å². The van der Waals surface area contributed by atoms with E-state index in [9.17, 15) is 0 Å². The zero-order chi connectivity index (χ0) is 17.3. The minimum atomic E-state index is 0.811. The van der Waals surface area contributed by atoms with Crippen molar-refractivity contribution in [2.24, 2.45) is 0 Å². The highest BCUT2D eigenvalue weighted by atomic mass is 32.1. The zero-order valence-corrected chi connectivity index (χ0v) is 15.0. The summed E-state index contributed by atoms with van der Waals surface area (Å²) in [4.78, 5) is 21.9. The molecular formula is C20H17N5S. The number of aromatic nitrogens is 4. The van der Waals surface area contributed by atoms with Crippen molar-refractivity contribution in [2.75, 3.05) is 6.54 Å². The van der Waals surface area contributed by atoms with E-state index in [2.05, 4.69) is 38.4 Å². The molecule has 6 heteroatoms. The van der Waals surface area contributed by atoms with Gasteiger partial charge in [0.1, 0.15) is 0 Å². The summed E-state index contributed by atoms with van der Waals surface area (Å²) in [6.45, 7) is 2.66. The third-order valence-corrected chi connectivity index (χ3v) is 5.53. The standard InChI is InChI=1S/C20H17N5S/c1-3-14-5-6-16(23-19(14)21-8-1)13-25-9-7-17-15(12-25)11-22-20(24-17)18-4-2-10-26-18/h1-6,8,10-11H,7,9,12-13H2. The molecule has 0 unspecified atom stereocenters. The van der Waals surface area contributed by atoms with E-state index >= 15 is 0 Å². The molecule has 0 atom stereocenters. The van der Waals surface area contributed by atoms with Gasteiger partial charge in [-0.3, -0.25) is 4.90 Å². The van der Waals surface area contributed by atoms with Crippen LogP contribution in [0.5, 0.6) is 0 Å². The van der Waals surface area contributed by atoms with Gasteiger partial charge in [0.05, 0.1) is 16.3 Å². The van der Waals surface area contributed by atoms with E-state index in [4.69, 9.17) is 9.97 Å². The molecule has 0 radical (unpaired) electrons. The molecule has 0 saturated heterocycles. The fraction of sp³-hybridized carbons (Fsp3) is 0.200. The predicted octanol–water partition coefficient (Wildman–Crippen LogP) is 3.71. The van der Waals surface area contributed by atoms with Gasteiger partial charge in [0.15, 0.2) is 11.5 Å². The molecule has 4 aromatic rings. The van der Waals surface area contributed by atoms with Gasteiger partial charge in [-0.15, -0.1) is 11.3 Å². The van der Waals surface area contributed by atoms with Crippen LogP contribution in [-0.4, -0.2) is 31.4 Å². The van der Waals surface area contributed by atoms with Crippen LogP contribution in [-0.2, 0) is 19.5 Å². The van der Waals surface area contributed by atoms with Gasteiger partial charge in [0, 0.05) is 49.4 Å². The van der Waals surface area contributed by atoms with Crippen LogP contribution in [0.3, 0.4) is 0 Å². The van der Waals surface area contributed by atoms with Crippen LogP contribution in [0.2, 0.25) is 0 Å². The fourth-order valence-electron chi connectivity index (χ4n) is 3.34. The van der Waals surface area contributed by atoms with Crippen LogP contribution in [0.25, 0.3) is 21.7 Å². The molecule has 0 spiro atoms. The van der Waals surface area contributed by atoms with Gasteiger partial charge in [-0.2, -0.15) is 0 Å². The molecule has 128 valence electrons. The average Bonchev–Trinajstić information content (AvgIpc) is 3.22. The summed E-state index contributed by atoms with van der Waals surface area (Å²) < 4.78 is 0. The molecule has 5 heterocycles. The molecule has 0 saturated carbocycles. The van der Waals surface area contributed by atoms with E-state index in [1.54, 1.807) is 17.5 Å². The lowest BCUT2D eigenvalue weighted by Gasteiger charge is -2.27. The number of rotatable bonds is 3. The molecule has 1 aliphatic heterocycles. The van der Waals surface area contributed by atoms with Crippen LogP contribution < -0.4 is 0 Å². The molecule has 0 bridgehead atoms. The SMILES string of the molecule is c1csc(-c2ncc3c(n2)CCN(Cc2ccc4cccnc4n2)C3)c1. The van der Waals surface area contributed by atoms with Gasteiger partial charge < -0.3 is 0 Å². The second kappa shape index (κ2) is 6.55. The Hall–Kier alpha value is -2.70. The van der Waals surface area contributed by atoms with E-state index in [0.29, 0.717) is 0 Å². The highest BCUT2D eigenvalue weighted by molar-refractivity contribution is 7.13. The number of fused-ring (bicyclic) bond motifs is 2. The van der Waals surface area contributed by atoms with E-state index < -0.39 is 0 Å². The molecular weight excluding hydrogens is 342 g/mol. The molecule has 1 aliphatic rings. The quantitative estimate of drug-likeness (QED) is 0.558. The van der Waals surface area contributed by atoms with E-state index in [1.165, 1.54) is 11.3 Å². The Balaban J connectivity index is 1.35. The van der Waals surface area contributed by atoms with Crippen molar-refractivity contribution >= 4 is 22.4 Å². The Bertz CT molecular complexity index is 1060. The molecule has 26 heavy (non-hydrogen) atoms. The van der Waals surface area contributed by atoms with Crippen molar-refractivity contribution in [3.05, 3.63) is 71.1 Å². The summed E-state index contributed by atoms with van der Waals surface area (Å²) in [5, 5.41) is 3.14. The van der Waals surface area contributed by atoms with Crippen molar-refractivity contribution in [1.82, 2.24) is 24.8 Å². The average molecular weight is 359 g/mol. The first-order valence-electron chi connectivity index (χ1n) is 8.67. The number of pyridine rings is 2. The third-order valence-electron chi connectivity index (χ3n) is 4.66. The first-order valence-corrected chi connectivity index (χ1v) is 9.55. The maximum absolute atomic E-state index is 4.79. The zero-order valence-electron chi connectivity index (χ0n) is 14.2. The van der Waals surface area contributed by atoms with Gasteiger partial charge in [-0.05, 0) is 35.7 Å². The monoisotopic (exact) mass is 359 g/mol. The van der Waals surface area contributed by atoms with Crippen LogP contribution >= 0.6 is 11.3 Å². The van der Waals surface area contributed by atoms with Crippen LogP contribution in [0, 0.1) is 0 Å². The molecule has 5 rings (SSSR count). The summed E-state index contributed by atoms with van der Waals surface area (Å²) in [5.74, 6) is 0.842. The lowest BCUT2D eigenvalue weighted by molar-refractivity contribution is 0.240. The van der Waals surface area contributed by atoms with E-state index in [-0.39, 0.29) is 0 Å². The number of thiophene rings is 1. The smallest absolute Gasteiger partial charge is 0.169 e. The molecule has 0 N–H and O–H groups in total. The highest BCUT2D eigenvalue weighted by Gasteiger charge is 2.19. The Kier molecular flexibility index (Phi) is 3.92. The number of hydrogen-bond acceptors (Lipinski definition) is 6. The topological polar surface area (TPSA) is 54.8 Å². The first kappa shape index (κ1) is 15.5. The summed E-state index contributed by atoms with van der Waals surface area (Å²) in [6, 6.07) is 12.3. The van der Waals surface area contributed by atoms with E-state index in [1.807, 2.05) is 24.4 Å². The number of nitrogens with zero attached hydrogens (tertiary/aromatic N) is 5. The summed E-state index contributed by atoms with van der Waals surface area (Å²) >= 11 is 1.68.